The first-order valence-electron chi connectivity index (χ1n) is 9.04. The minimum absolute atomic E-state index is 0.0201. The smallest absolute Gasteiger partial charge is 0.266 e. The van der Waals surface area contributed by atoms with Crippen LogP contribution in [-0.2, 0) is 0 Å². The fourth-order valence-corrected chi connectivity index (χ4v) is 4.56. The van der Waals surface area contributed by atoms with Crippen LogP contribution < -0.4 is 5.32 Å². The number of thiophene rings is 1. The second-order valence-corrected chi connectivity index (χ2v) is 7.71. The lowest BCUT2D eigenvalue weighted by molar-refractivity contribution is 0.0786. The number of aromatic nitrogens is 1. The van der Waals surface area contributed by atoms with Gasteiger partial charge in [0.25, 0.3) is 11.8 Å². The number of rotatable bonds is 4. The van der Waals surface area contributed by atoms with E-state index in [9.17, 15) is 9.59 Å². The van der Waals surface area contributed by atoms with Crippen molar-refractivity contribution in [2.24, 2.45) is 0 Å². The van der Waals surface area contributed by atoms with Gasteiger partial charge in [0.1, 0.15) is 4.88 Å². The Morgan fingerprint density at radius 2 is 1.88 bits per heavy atom. The monoisotopic (exact) mass is 370 g/mol. The minimum atomic E-state index is -0.226. The third-order valence-corrected chi connectivity index (χ3v) is 6.06. The molecule has 0 bridgehead atoms. The topological polar surface area (TPSA) is 65.5 Å². The number of nitrogens with one attached hydrogen (secondary N) is 1. The molecule has 6 nitrogen and oxygen atoms in total. The summed E-state index contributed by atoms with van der Waals surface area (Å²) in [6.07, 6.45) is 6.73. The number of carbonyl (C=O) groups excluding carboxylic acids is 2. The SMILES string of the molecule is O=C(Nc1ccsc1C(=O)N1CCC(N2CCCC2)C1)c1ccncc1. The molecule has 4 heterocycles. The van der Waals surface area contributed by atoms with Gasteiger partial charge in [-0.3, -0.25) is 19.5 Å². The van der Waals surface area contributed by atoms with E-state index in [1.54, 1.807) is 30.6 Å². The number of hydrogen-bond donors (Lipinski definition) is 1. The fraction of sp³-hybridized carbons (Fsp3) is 0.421. The molecule has 0 aromatic carbocycles. The standard InChI is InChI=1S/C19H22N4O2S/c24-18(14-3-7-20-8-4-14)21-16-6-12-26-17(16)19(25)23-11-5-15(13-23)22-9-1-2-10-22/h3-4,6-8,12,15H,1-2,5,9-11,13H2,(H,21,24). The van der Waals surface area contributed by atoms with Crippen LogP contribution in [0.3, 0.4) is 0 Å². The van der Waals surface area contributed by atoms with Gasteiger partial charge in [-0.05, 0) is 55.9 Å². The maximum absolute atomic E-state index is 13.0. The van der Waals surface area contributed by atoms with Gasteiger partial charge in [0, 0.05) is 37.1 Å². The fourth-order valence-electron chi connectivity index (χ4n) is 3.75. The van der Waals surface area contributed by atoms with Crippen molar-refractivity contribution < 1.29 is 9.59 Å². The summed E-state index contributed by atoms with van der Waals surface area (Å²) in [5.41, 5.74) is 1.12. The average Bonchev–Trinajstić information content (AvgIpc) is 3.42. The van der Waals surface area contributed by atoms with Gasteiger partial charge in [-0.15, -0.1) is 11.3 Å². The van der Waals surface area contributed by atoms with Gasteiger partial charge in [0.15, 0.2) is 0 Å². The van der Waals surface area contributed by atoms with E-state index in [1.807, 2.05) is 10.3 Å². The summed E-state index contributed by atoms with van der Waals surface area (Å²) in [5.74, 6) is -0.206. The molecule has 2 aliphatic rings. The maximum Gasteiger partial charge on any atom is 0.266 e. The molecule has 2 aromatic rings. The molecular weight excluding hydrogens is 348 g/mol. The summed E-state index contributed by atoms with van der Waals surface area (Å²) >= 11 is 1.38. The second kappa shape index (κ2) is 7.55. The minimum Gasteiger partial charge on any atom is -0.336 e. The van der Waals surface area contributed by atoms with E-state index in [2.05, 4.69) is 15.2 Å². The molecule has 26 heavy (non-hydrogen) atoms. The normalized spacial score (nSPS) is 20.5. The van der Waals surface area contributed by atoms with Crippen molar-refractivity contribution in [3.05, 3.63) is 46.4 Å². The van der Waals surface area contributed by atoms with E-state index in [0.29, 0.717) is 22.2 Å². The summed E-state index contributed by atoms with van der Waals surface area (Å²) in [6.45, 7) is 3.88. The summed E-state index contributed by atoms with van der Waals surface area (Å²) in [5, 5.41) is 4.71. The molecule has 2 saturated heterocycles. The van der Waals surface area contributed by atoms with Gasteiger partial charge in [-0.25, -0.2) is 0 Å². The van der Waals surface area contributed by atoms with E-state index in [4.69, 9.17) is 0 Å². The van der Waals surface area contributed by atoms with E-state index in [-0.39, 0.29) is 11.8 Å². The second-order valence-electron chi connectivity index (χ2n) is 6.79. The number of hydrogen-bond acceptors (Lipinski definition) is 5. The van der Waals surface area contributed by atoms with Crippen LogP contribution in [-0.4, -0.2) is 58.8 Å². The van der Waals surface area contributed by atoms with Crippen molar-refractivity contribution in [3.63, 3.8) is 0 Å². The van der Waals surface area contributed by atoms with Crippen LogP contribution in [0.5, 0.6) is 0 Å². The highest BCUT2D eigenvalue weighted by molar-refractivity contribution is 7.12. The first-order valence-corrected chi connectivity index (χ1v) is 9.92. The van der Waals surface area contributed by atoms with Crippen molar-refractivity contribution >= 4 is 28.8 Å². The van der Waals surface area contributed by atoms with Gasteiger partial charge >= 0.3 is 0 Å². The number of pyridine rings is 1. The molecule has 2 aliphatic heterocycles. The summed E-state index contributed by atoms with van der Waals surface area (Å²) in [7, 11) is 0. The summed E-state index contributed by atoms with van der Waals surface area (Å²) in [4.78, 5) is 34.3. The van der Waals surface area contributed by atoms with E-state index in [1.165, 1.54) is 24.2 Å². The number of amides is 2. The third kappa shape index (κ3) is 3.50. The van der Waals surface area contributed by atoms with Crippen LogP contribution in [0.1, 0.15) is 39.3 Å². The van der Waals surface area contributed by atoms with Crippen molar-refractivity contribution in [2.45, 2.75) is 25.3 Å². The number of carbonyl (C=O) groups is 2. The molecule has 2 aromatic heterocycles. The Morgan fingerprint density at radius 1 is 1.12 bits per heavy atom. The Bertz CT molecular complexity index is 786. The molecule has 1 atom stereocenters. The van der Waals surface area contributed by atoms with Crippen LogP contribution in [0, 0.1) is 0 Å². The highest BCUT2D eigenvalue weighted by Gasteiger charge is 2.33. The zero-order valence-electron chi connectivity index (χ0n) is 14.6. The maximum atomic E-state index is 13.0. The van der Waals surface area contributed by atoms with Gasteiger partial charge in [0.2, 0.25) is 0 Å². The lowest BCUT2D eigenvalue weighted by atomic mass is 10.2. The van der Waals surface area contributed by atoms with Gasteiger partial charge < -0.3 is 10.2 Å². The number of anilines is 1. The summed E-state index contributed by atoms with van der Waals surface area (Å²) in [6, 6.07) is 5.59. The molecule has 2 amide bonds. The molecule has 4 rings (SSSR count). The molecule has 1 unspecified atom stereocenters. The highest BCUT2D eigenvalue weighted by atomic mass is 32.1. The van der Waals surface area contributed by atoms with Crippen LogP contribution in [0.15, 0.2) is 36.0 Å². The highest BCUT2D eigenvalue weighted by Crippen LogP contribution is 2.28. The van der Waals surface area contributed by atoms with Crippen molar-refractivity contribution in [3.8, 4) is 0 Å². The van der Waals surface area contributed by atoms with Crippen molar-refractivity contribution in [2.75, 3.05) is 31.5 Å². The molecule has 0 radical (unpaired) electrons. The van der Waals surface area contributed by atoms with Gasteiger partial charge in [0.05, 0.1) is 5.69 Å². The quantitative estimate of drug-likeness (QED) is 0.899. The predicted octanol–water partition coefficient (Wildman–Crippen LogP) is 2.71. The Hall–Kier alpha value is -2.25. The van der Waals surface area contributed by atoms with E-state index < -0.39 is 0 Å². The number of nitrogens with zero attached hydrogens (tertiary/aromatic N) is 3. The predicted molar refractivity (Wildman–Crippen MR) is 102 cm³/mol. The van der Waals surface area contributed by atoms with Crippen LogP contribution in [0.4, 0.5) is 5.69 Å². The van der Waals surface area contributed by atoms with Gasteiger partial charge in [-0.2, -0.15) is 0 Å². The third-order valence-electron chi connectivity index (χ3n) is 5.16. The molecule has 0 saturated carbocycles. The van der Waals surface area contributed by atoms with Gasteiger partial charge in [-0.1, -0.05) is 0 Å². The largest absolute Gasteiger partial charge is 0.336 e. The Labute approximate surface area is 156 Å². The molecule has 2 fully saturated rings. The average molecular weight is 370 g/mol. The Balaban J connectivity index is 1.43. The van der Waals surface area contributed by atoms with Crippen molar-refractivity contribution in [1.29, 1.82) is 0 Å². The lowest BCUT2D eigenvalue weighted by Gasteiger charge is -2.23. The molecule has 0 spiro atoms. The first kappa shape index (κ1) is 17.2. The Kier molecular flexibility index (Phi) is 4.99. The van der Waals surface area contributed by atoms with E-state index in [0.717, 1.165) is 32.6 Å². The summed E-state index contributed by atoms with van der Waals surface area (Å²) < 4.78 is 0. The van der Waals surface area contributed by atoms with Crippen LogP contribution in [0.25, 0.3) is 0 Å². The molecule has 1 N–H and O–H groups in total. The molecule has 0 aliphatic carbocycles. The zero-order chi connectivity index (χ0) is 17.9. The molecule has 7 heteroatoms. The lowest BCUT2D eigenvalue weighted by Crippen LogP contribution is -2.37. The van der Waals surface area contributed by atoms with E-state index >= 15 is 0 Å². The Morgan fingerprint density at radius 3 is 2.65 bits per heavy atom. The zero-order valence-corrected chi connectivity index (χ0v) is 15.4. The van der Waals surface area contributed by atoms with Crippen molar-refractivity contribution in [1.82, 2.24) is 14.8 Å². The van der Waals surface area contributed by atoms with Crippen LogP contribution >= 0.6 is 11.3 Å². The molecular formula is C19H22N4O2S. The van der Waals surface area contributed by atoms with Crippen LogP contribution in [0.2, 0.25) is 0 Å². The molecule has 136 valence electrons. The number of likely N-dealkylation sites (tertiary alicyclic amines) is 2. The first-order chi connectivity index (χ1) is 12.7.